The minimum absolute atomic E-state index is 0.0612. The molecule has 1 aliphatic carbocycles. The number of carbonyl (C=O) groups excluding carboxylic acids is 1. The summed E-state index contributed by atoms with van der Waals surface area (Å²) in [5.74, 6) is 1.46. The molecule has 0 aromatic heterocycles. The van der Waals surface area contributed by atoms with Gasteiger partial charge in [-0.1, -0.05) is 30.9 Å². The third kappa shape index (κ3) is 3.43. The predicted molar refractivity (Wildman–Crippen MR) is 82.3 cm³/mol. The topological polar surface area (TPSA) is 47.6 Å². The van der Waals surface area contributed by atoms with Crippen LogP contribution in [0.4, 0.5) is 5.69 Å². The molecule has 1 heterocycles. The molecule has 1 fully saturated rings. The minimum Gasteiger partial charge on any atom is -0.490 e. The van der Waals surface area contributed by atoms with E-state index in [1.165, 1.54) is 6.42 Å². The van der Waals surface area contributed by atoms with Crippen molar-refractivity contribution in [1.82, 2.24) is 0 Å². The van der Waals surface area contributed by atoms with Crippen molar-refractivity contribution in [2.75, 3.05) is 18.5 Å². The highest BCUT2D eigenvalue weighted by Crippen LogP contribution is 2.38. The highest BCUT2D eigenvalue weighted by Gasteiger charge is 2.22. The molecule has 1 aliphatic heterocycles. The number of anilines is 1. The van der Waals surface area contributed by atoms with E-state index in [1.54, 1.807) is 12.1 Å². The van der Waals surface area contributed by atoms with Gasteiger partial charge in [0.1, 0.15) is 0 Å². The van der Waals surface area contributed by atoms with Gasteiger partial charge in [0.05, 0.1) is 23.9 Å². The number of halogens is 1. The van der Waals surface area contributed by atoms with Crippen molar-refractivity contribution in [1.29, 1.82) is 0 Å². The summed E-state index contributed by atoms with van der Waals surface area (Å²) in [7, 11) is 0. The van der Waals surface area contributed by atoms with Crippen LogP contribution < -0.4 is 14.8 Å². The molecule has 1 aromatic carbocycles. The molecule has 0 atom stereocenters. The molecule has 3 rings (SSSR count). The van der Waals surface area contributed by atoms with E-state index in [0.29, 0.717) is 35.4 Å². The van der Waals surface area contributed by atoms with Crippen molar-refractivity contribution in [3.05, 3.63) is 17.2 Å². The lowest BCUT2D eigenvalue weighted by molar-refractivity contribution is -0.120. The number of carbonyl (C=O) groups is 1. The second-order valence-electron chi connectivity index (χ2n) is 5.65. The second kappa shape index (κ2) is 6.56. The van der Waals surface area contributed by atoms with Crippen LogP contribution in [0, 0.1) is 5.92 Å². The van der Waals surface area contributed by atoms with Crippen molar-refractivity contribution in [3.63, 3.8) is 0 Å². The maximum Gasteiger partial charge on any atom is 0.227 e. The minimum atomic E-state index is 0.0612. The van der Waals surface area contributed by atoms with E-state index in [0.717, 1.165) is 32.1 Å². The molecule has 0 spiro atoms. The average molecular weight is 310 g/mol. The van der Waals surface area contributed by atoms with Crippen LogP contribution in [0.3, 0.4) is 0 Å². The second-order valence-corrected chi connectivity index (χ2v) is 6.06. The molecule has 1 saturated carbocycles. The SMILES string of the molecule is O=C(Nc1cc2c(cc1Cl)OCCCO2)C1CCCCC1. The first-order valence-electron chi connectivity index (χ1n) is 7.64. The van der Waals surface area contributed by atoms with Gasteiger partial charge in [0.25, 0.3) is 0 Å². The zero-order chi connectivity index (χ0) is 14.7. The quantitative estimate of drug-likeness (QED) is 0.897. The smallest absolute Gasteiger partial charge is 0.227 e. The fourth-order valence-electron chi connectivity index (χ4n) is 2.88. The third-order valence-corrected chi connectivity index (χ3v) is 4.38. The first-order valence-corrected chi connectivity index (χ1v) is 8.02. The van der Waals surface area contributed by atoms with Gasteiger partial charge in [-0.15, -0.1) is 0 Å². The van der Waals surface area contributed by atoms with E-state index in [2.05, 4.69) is 5.32 Å². The van der Waals surface area contributed by atoms with Crippen molar-refractivity contribution in [2.24, 2.45) is 5.92 Å². The molecule has 1 amide bonds. The number of nitrogens with one attached hydrogen (secondary N) is 1. The Labute approximate surface area is 129 Å². The fraction of sp³-hybridized carbons (Fsp3) is 0.562. The molecule has 0 saturated heterocycles. The van der Waals surface area contributed by atoms with Crippen LogP contribution in [-0.4, -0.2) is 19.1 Å². The third-order valence-electron chi connectivity index (χ3n) is 4.07. The summed E-state index contributed by atoms with van der Waals surface area (Å²) in [6.07, 6.45) is 6.27. The molecule has 1 aromatic rings. The number of fused-ring (bicyclic) bond motifs is 1. The molecule has 114 valence electrons. The van der Waals surface area contributed by atoms with E-state index in [9.17, 15) is 4.79 Å². The van der Waals surface area contributed by atoms with Gasteiger partial charge in [-0.2, -0.15) is 0 Å². The van der Waals surface area contributed by atoms with Crippen molar-refractivity contribution in [2.45, 2.75) is 38.5 Å². The number of rotatable bonds is 2. The maximum atomic E-state index is 12.3. The van der Waals surface area contributed by atoms with E-state index in [4.69, 9.17) is 21.1 Å². The van der Waals surface area contributed by atoms with Gasteiger partial charge in [-0.25, -0.2) is 0 Å². The summed E-state index contributed by atoms with van der Waals surface area (Å²) in [5, 5.41) is 3.43. The molecule has 4 nitrogen and oxygen atoms in total. The summed E-state index contributed by atoms with van der Waals surface area (Å²) >= 11 is 6.25. The summed E-state index contributed by atoms with van der Waals surface area (Å²) in [4.78, 5) is 12.3. The zero-order valence-electron chi connectivity index (χ0n) is 12.0. The number of benzene rings is 1. The van der Waals surface area contributed by atoms with Crippen LogP contribution in [0.15, 0.2) is 12.1 Å². The van der Waals surface area contributed by atoms with Crippen LogP contribution >= 0.6 is 11.6 Å². The Kier molecular flexibility index (Phi) is 4.54. The van der Waals surface area contributed by atoms with Crippen molar-refractivity contribution >= 4 is 23.2 Å². The number of hydrogen-bond donors (Lipinski definition) is 1. The standard InChI is InChI=1S/C16H20ClNO3/c17-12-9-14-15(21-8-4-7-20-14)10-13(12)18-16(19)11-5-2-1-3-6-11/h9-11H,1-8H2,(H,18,19). The lowest BCUT2D eigenvalue weighted by Gasteiger charge is -2.21. The lowest BCUT2D eigenvalue weighted by Crippen LogP contribution is -2.24. The summed E-state index contributed by atoms with van der Waals surface area (Å²) in [6.45, 7) is 1.24. The Morgan fingerprint density at radius 1 is 1.05 bits per heavy atom. The van der Waals surface area contributed by atoms with Gasteiger partial charge in [-0.3, -0.25) is 4.79 Å². The van der Waals surface area contributed by atoms with Crippen LogP contribution in [0.2, 0.25) is 5.02 Å². The Morgan fingerprint density at radius 2 is 1.71 bits per heavy atom. The molecule has 0 radical (unpaired) electrons. The largest absolute Gasteiger partial charge is 0.490 e. The number of hydrogen-bond acceptors (Lipinski definition) is 3. The Hall–Kier alpha value is -1.42. The van der Waals surface area contributed by atoms with Crippen LogP contribution in [0.25, 0.3) is 0 Å². The molecule has 5 heteroatoms. The summed E-state index contributed by atoms with van der Waals surface area (Å²) < 4.78 is 11.2. The lowest BCUT2D eigenvalue weighted by atomic mass is 9.88. The van der Waals surface area contributed by atoms with Crippen LogP contribution in [0.5, 0.6) is 11.5 Å². The van der Waals surface area contributed by atoms with Gasteiger partial charge in [0, 0.05) is 24.5 Å². The summed E-state index contributed by atoms with van der Waals surface area (Å²) in [5.41, 5.74) is 0.608. The zero-order valence-corrected chi connectivity index (χ0v) is 12.7. The molecule has 1 N–H and O–H groups in total. The van der Waals surface area contributed by atoms with E-state index in [1.807, 2.05) is 0 Å². The molecular weight excluding hydrogens is 290 g/mol. The van der Waals surface area contributed by atoms with E-state index >= 15 is 0 Å². The van der Waals surface area contributed by atoms with Crippen LogP contribution in [-0.2, 0) is 4.79 Å². The molecule has 0 unspecified atom stereocenters. The van der Waals surface area contributed by atoms with E-state index < -0.39 is 0 Å². The number of amides is 1. The average Bonchev–Trinajstić information content (AvgIpc) is 2.73. The molecule has 2 aliphatic rings. The molecular formula is C16H20ClNO3. The first-order chi connectivity index (χ1) is 10.2. The van der Waals surface area contributed by atoms with Crippen LogP contribution in [0.1, 0.15) is 38.5 Å². The summed E-state index contributed by atoms with van der Waals surface area (Å²) in [6, 6.07) is 3.49. The molecule has 0 bridgehead atoms. The van der Waals surface area contributed by atoms with E-state index in [-0.39, 0.29) is 11.8 Å². The van der Waals surface area contributed by atoms with Crippen molar-refractivity contribution < 1.29 is 14.3 Å². The monoisotopic (exact) mass is 309 g/mol. The molecule has 21 heavy (non-hydrogen) atoms. The first kappa shape index (κ1) is 14.5. The maximum absolute atomic E-state index is 12.3. The van der Waals surface area contributed by atoms with Gasteiger partial charge >= 0.3 is 0 Å². The predicted octanol–water partition coefficient (Wildman–Crippen LogP) is 4.02. The Bertz CT molecular complexity index is 526. The highest BCUT2D eigenvalue weighted by atomic mass is 35.5. The Balaban J connectivity index is 1.75. The van der Waals surface area contributed by atoms with Gasteiger partial charge in [-0.05, 0) is 12.8 Å². The number of ether oxygens (including phenoxy) is 2. The van der Waals surface area contributed by atoms with Gasteiger partial charge in [0.15, 0.2) is 11.5 Å². The highest BCUT2D eigenvalue weighted by molar-refractivity contribution is 6.34. The van der Waals surface area contributed by atoms with Crippen molar-refractivity contribution in [3.8, 4) is 11.5 Å². The Morgan fingerprint density at radius 3 is 2.43 bits per heavy atom. The fourth-order valence-corrected chi connectivity index (χ4v) is 3.08. The normalized spacial score (nSPS) is 18.9. The van der Waals surface area contributed by atoms with Gasteiger partial charge in [0.2, 0.25) is 5.91 Å². The van der Waals surface area contributed by atoms with Gasteiger partial charge < -0.3 is 14.8 Å².